The Bertz CT molecular complexity index is 925. The largest absolute Gasteiger partial charge is 0.342 e. The van der Waals surface area contributed by atoms with Crippen LogP contribution in [-0.2, 0) is 13.1 Å². The highest BCUT2D eigenvalue weighted by molar-refractivity contribution is 7.09. The zero-order chi connectivity index (χ0) is 19.5. The SMILES string of the molecule is Cc1cc(C(=O)N2CCN(Cc3cccs3)CC2)c(C)n1Cc1ccccn1. The lowest BCUT2D eigenvalue weighted by Gasteiger charge is -2.34. The van der Waals surface area contributed by atoms with E-state index in [1.54, 1.807) is 11.3 Å². The van der Waals surface area contributed by atoms with Crippen molar-refractivity contribution in [3.8, 4) is 0 Å². The number of carbonyl (C=O) groups excluding carboxylic acids is 1. The van der Waals surface area contributed by atoms with Crippen LogP contribution in [0, 0.1) is 13.8 Å². The van der Waals surface area contributed by atoms with Gasteiger partial charge in [0.1, 0.15) is 0 Å². The van der Waals surface area contributed by atoms with Crippen molar-refractivity contribution in [2.45, 2.75) is 26.9 Å². The molecule has 1 amide bonds. The fraction of sp³-hybridized carbons (Fsp3) is 0.364. The molecule has 0 unspecified atom stereocenters. The molecule has 0 aromatic carbocycles. The minimum Gasteiger partial charge on any atom is -0.342 e. The topological polar surface area (TPSA) is 41.4 Å². The maximum atomic E-state index is 13.1. The van der Waals surface area contributed by atoms with Gasteiger partial charge in [0.05, 0.1) is 17.8 Å². The van der Waals surface area contributed by atoms with Gasteiger partial charge in [-0.05, 0) is 43.5 Å². The molecule has 1 aliphatic rings. The van der Waals surface area contributed by atoms with Gasteiger partial charge in [0.25, 0.3) is 5.91 Å². The Balaban J connectivity index is 1.42. The molecule has 28 heavy (non-hydrogen) atoms. The van der Waals surface area contributed by atoms with Gasteiger partial charge in [-0.25, -0.2) is 0 Å². The van der Waals surface area contributed by atoms with Crippen LogP contribution in [0.25, 0.3) is 0 Å². The first-order valence-electron chi connectivity index (χ1n) is 9.72. The number of piperazine rings is 1. The molecular formula is C22H26N4OS. The van der Waals surface area contributed by atoms with Crippen LogP contribution >= 0.6 is 11.3 Å². The summed E-state index contributed by atoms with van der Waals surface area (Å²) >= 11 is 1.80. The summed E-state index contributed by atoms with van der Waals surface area (Å²) in [7, 11) is 0. The van der Waals surface area contributed by atoms with Crippen molar-refractivity contribution >= 4 is 17.2 Å². The van der Waals surface area contributed by atoms with Crippen LogP contribution in [0.1, 0.15) is 32.3 Å². The van der Waals surface area contributed by atoms with Crippen LogP contribution in [0.5, 0.6) is 0 Å². The van der Waals surface area contributed by atoms with Crippen molar-refractivity contribution in [2.75, 3.05) is 26.2 Å². The van der Waals surface area contributed by atoms with E-state index in [0.29, 0.717) is 6.54 Å². The van der Waals surface area contributed by atoms with Crippen LogP contribution in [0.3, 0.4) is 0 Å². The summed E-state index contributed by atoms with van der Waals surface area (Å²) in [4.78, 5) is 23.4. The minimum absolute atomic E-state index is 0.149. The molecular weight excluding hydrogens is 368 g/mol. The Morgan fingerprint density at radius 2 is 1.89 bits per heavy atom. The number of carbonyl (C=O) groups is 1. The fourth-order valence-corrected chi connectivity index (χ4v) is 4.56. The number of rotatable bonds is 5. The first kappa shape index (κ1) is 18.9. The second-order valence-corrected chi connectivity index (χ2v) is 8.37. The lowest BCUT2D eigenvalue weighted by molar-refractivity contribution is 0.0629. The predicted octanol–water partition coefficient (Wildman–Crippen LogP) is 3.57. The van der Waals surface area contributed by atoms with Crippen LogP contribution in [-0.4, -0.2) is 51.4 Å². The number of amides is 1. The zero-order valence-corrected chi connectivity index (χ0v) is 17.3. The Hall–Kier alpha value is -2.44. The summed E-state index contributed by atoms with van der Waals surface area (Å²) in [6.45, 7) is 9.20. The Morgan fingerprint density at radius 3 is 2.57 bits per heavy atom. The lowest BCUT2D eigenvalue weighted by atomic mass is 10.2. The smallest absolute Gasteiger partial charge is 0.255 e. The Labute approximate surface area is 170 Å². The molecule has 1 aliphatic heterocycles. The lowest BCUT2D eigenvalue weighted by Crippen LogP contribution is -2.48. The molecule has 5 nitrogen and oxygen atoms in total. The molecule has 1 saturated heterocycles. The number of aromatic nitrogens is 2. The van der Waals surface area contributed by atoms with Gasteiger partial charge < -0.3 is 9.47 Å². The first-order valence-corrected chi connectivity index (χ1v) is 10.6. The van der Waals surface area contributed by atoms with E-state index in [2.05, 4.69) is 38.9 Å². The molecule has 1 fully saturated rings. The Kier molecular flexibility index (Phi) is 5.59. The van der Waals surface area contributed by atoms with Crippen molar-refractivity contribution in [3.63, 3.8) is 0 Å². The molecule has 4 heterocycles. The van der Waals surface area contributed by atoms with Gasteiger partial charge in [-0.1, -0.05) is 12.1 Å². The highest BCUT2D eigenvalue weighted by Crippen LogP contribution is 2.20. The van der Waals surface area contributed by atoms with Crippen molar-refractivity contribution in [1.82, 2.24) is 19.4 Å². The summed E-state index contributed by atoms with van der Waals surface area (Å²) < 4.78 is 2.18. The first-order chi connectivity index (χ1) is 13.6. The van der Waals surface area contributed by atoms with Crippen LogP contribution in [0.2, 0.25) is 0 Å². The van der Waals surface area contributed by atoms with Crippen LogP contribution in [0.4, 0.5) is 0 Å². The van der Waals surface area contributed by atoms with E-state index in [1.165, 1.54) is 4.88 Å². The van der Waals surface area contributed by atoms with Gasteiger partial charge in [0.2, 0.25) is 0 Å². The van der Waals surface area contributed by atoms with Crippen molar-refractivity contribution in [3.05, 3.63) is 75.5 Å². The molecule has 0 aliphatic carbocycles. The second-order valence-electron chi connectivity index (χ2n) is 7.34. The highest BCUT2D eigenvalue weighted by Gasteiger charge is 2.25. The molecule has 0 radical (unpaired) electrons. The van der Waals surface area contributed by atoms with Gasteiger partial charge in [0.15, 0.2) is 0 Å². The predicted molar refractivity (Wildman–Crippen MR) is 113 cm³/mol. The number of nitrogens with zero attached hydrogens (tertiary/aromatic N) is 4. The number of hydrogen-bond acceptors (Lipinski definition) is 4. The van der Waals surface area contributed by atoms with Crippen LogP contribution < -0.4 is 0 Å². The molecule has 6 heteroatoms. The summed E-state index contributed by atoms with van der Waals surface area (Å²) in [6, 6.07) is 12.2. The molecule has 0 saturated carbocycles. The fourth-order valence-electron chi connectivity index (χ4n) is 3.82. The third-order valence-corrected chi connectivity index (χ3v) is 6.33. The number of aryl methyl sites for hydroxylation is 1. The maximum absolute atomic E-state index is 13.1. The van der Waals surface area contributed by atoms with Gasteiger partial charge >= 0.3 is 0 Å². The molecule has 3 aromatic rings. The van der Waals surface area contributed by atoms with E-state index in [0.717, 1.165) is 55.4 Å². The quantitative estimate of drug-likeness (QED) is 0.664. The minimum atomic E-state index is 0.149. The maximum Gasteiger partial charge on any atom is 0.255 e. The van der Waals surface area contributed by atoms with Gasteiger partial charge in [-0.15, -0.1) is 11.3 Å². The average Bonchev–Trinajstić information content (AvgIpc) is 3.32. The van der Waals surface area contributed by atoms with E-state index in [9.17, 15) is 4.79 Å². The third kappa shape index (κ3) is 4.03. The van der Waals surface area contributed by atoms with Crippen molar-refractivity contribution < 1.29 is 4.79 Å². The second kappa shape index (κ2) is 8.29. The highest BCUT2D eigenvalue weighted by atomic mass is 32.1. The average molecular weight is 395 g/mol. The van der Waals surface area contributed by atoms with E-state index in [4.69, 9.17) is 0 Å². The van der Waals surface area contributed by atoms with Crippen molar-refractivity contribution in [1.29, 1.82) is 0 Å². The number of hydrogen-bond donors (Lipinski definition) is 0. The zero-order valence-electron chi connectivity index (χ0n) is 16.5. The molecule has 0 bridgehead atoms. The third-order valence-electron chi connectivity index (χ3n) is 5.47. The van der Waals surface area contributed by atoms with E-state index in [-0.39, 0.29) is 5.91 Å². The number of thiophene rings is 1. The normalized spacial score (nSPS) is 15.1. The standard InChI is InChI=1S/C22H26N4OS/c1-17-14-21(18(2)26(17)15-19-6-3-4-8-23-19)22(27)25-11-9-24(10-12-25)16-20-7-5-13-28-20/h3-8,13-14H,9-12,15-16H2,1-2H3. The van der Waals surface area contributed by atoms with E-state index >= 15 is 0 Å². The summed E-state index contributed by atoms with van der Waals surface area (Å²) in [5.74, 6) is 0.149. The monoisotopic (exact) mass is 394 g/mol. The molecule has 146 valence electrons. The molecule has 3 aromatic heterocycles. The van der Waals surface area contributed by atoms with Gasteiger partial charge in [0, 0.05) is 55.2 Å². The molecule has 4 rings (SSSR count). The summed E-state index contributed by atoms with van der Waals surface area (Å²) in [5.41, 5.74) is 3.95. The van der Waals surface area contributed by atoms with Gasteiger partial charge in [-0.2, -0.15) is 0 Å². The molecule has 0 spiro atoms. The Morgan fingerprint density at radius 1 is 1.07 bits per heavy atom. The molecule has 0 atom stereocenters. The number of pyridine rings is 1. The van der Waals surface area contributed by atoms with Crippen molar-refractivity contribution in [2.24, 2.45) is 0 Å². The van der Waals surface area contributed by atoms with E-state index in [1.807, 2.05) is 42.3 Å². The van der Waals surface area contributed by atoms with Gasteiger partial charge in [-0.3, -0.25) is 14.7 Å². The van der Waals surface area contributed by atoms with Crippen LogP contribution in [0.15, 0.2) is 48.0 Å². The summed E-state index contributed by atoms with van der Waals surface area (Å²) in [6.07, 6.45) is 1.81. The van der Waals surface area contributed by atoms with E-state index < -0.39 is 0 Å². The molecule has 0 N–H and O–H groups in total. The summed E-state index contributed by atoms with van der Waals surface area (Å²) in [5, 5.41) is 2.12.